The van der Waals surface area contributed by atoms with E-state index in [0.717, 1.165) is 23.1 Å². The summed E-state index contributed by atoms with van der Waals surface area (Å²) in [6.45, 7) is 1.64. The summed E-state index contributed by atoms with van der Waals surface area (Å²) in [5, 5.41) is 10.2. The van der Waals surface area contributed by atoms with Gasteiger partial charge in [-0.05, 0) is 42.8 Å². The van der Waals surface area contributed by atoms with Crippen molar-refractivity contribution in [2.45, 2.75) is 19.1 Å². The Kier molecular flexibility index (Phi) is 4.81. The summed E-state index contributed by atoms with van der Waals surface area (Å²) >= 11 is 0. The molecular weight excluding hydrogens is 395 g/mol. The topological polar surface area (TPSA) is 75.6 Å². The van der Waals surface area contributed by atoms with Gasteiger partial charge < -0.3 is 9.88 Å². The Bertz CT molecular complexity index is 1210. The number of hydrogen-bond acceptors (Lipinski definition) is 3. The summed E-state index contributed by atoms with van der Waals surface area (Å²) in [5.74, 6) is -0.398. The van der Waals surface area contributed by atoms with Gasteiger partial charge in [-0.15, -0.1) is 0 Å². The van der Waals surface area contributed by atoms with E-state index in [-0.39, 0.29) is 0 Å². The van der Waals surface area contributed by atoms with Gasteiger partial charge in [-0.25, -0.2) is 4.98 Å². The minimum absolute atomic E-state index is 0.362. The number of fused-ring (bicyclic) bond motifs is 1. The van der Waals surface area contributed by atoms with Gasteiger partial charge in [0.25, 0.3) is 5.91 Å². The third-order valence-electron chi connectivity index (χ3n) is 4.96. The number of nitrogens with one attached hydrogen (secondary N) is 2. The van der Waals surface area contributed by atoms with Crippen LogP contribution < -0.4 is 5.32 Å². The zero-order chi connectivity index (χ0) is 21.5. The molecule has 30 heavy (non-hydrogen) atoms. The lowest BCUT2D eigenvalue weighted by Gasteiger charge is -2.16. The smallest absolute Gasteiger partial charge is 0.344 e. The maximum absolute atomic E-state index is 13.0. The van der Waals surface area contributed by atoms with Gasteiger partial charge in [0.1, 0.15) is 11.3 Å². The van der Waals surface area contributed by atoms with E-state index in [2.05, 4.69) is 20.5 Å². The number of aromatic nitrogens is 4. The second kappa shape index (κ2) is 7.33. The second-order valence-corrected chi connectivity index (χ2v) is 7.00. The molecule has 2 N–H and O–H groups in total. The summed E-state index contributed by atoms with van der Waals surface area (Å²) in [5.41, 5.74) is 2.13. The first-order chi connectivity index (χ1) is 14.2. The molecule has 0 aliphatic heterocycles. The minimum Gasteiger partial charge on any atom is -0.344 e. The third kappa shape index (κ3) is 3.66. The zero-order valence-electron chi connectivity index (χ0n) is 16.2. The third-order valence-corrected chi connectivity index (χ3v) is 4.96. The van der Waals surface area contributed by atoms with Crippen LogP contribution in [0.1, 0.15) is 34.6 Å². The van der Waals surface area contributed by atoms with Crippen molar-refractivity contribution in [1.29, 1.82) is 0 Å². The maximum atomic E-state index is 13.0. The number of nitrogens with zero attached hydrogens (tertiary/aromatic N) is 3. The fourth-order valence-electron chi connectivity index (χ4n) is 3.31. The highest BCUT2D eigenvalue weighted by Gasteiger charge is 2.31. The first-order valence-electron chi connectivity index (χ1n) is 9.17. The molecular formula is C21H18F3N5O. The Morgan fingerprint density at radius 3 is 2.70 bits per heavy atom. The van der Waals surface area contributed by atoms with Crippen molar-refractivity contribution >= 4 is 16.9 Å². The lowest BCUT2D eigenvalue weighted by atomic mass is 10.0. The summed E-state index contributed by atoms with van der Waals surface area (Å²) < 4.78 is 40.5. The van der Waals surface area contributed by atoms with Crippen molar-refractivity contribution in [2.24, 2.45) is 7.05 Å². The lowest BCUT2D eigenvalue weighted by molar-refractivity contribution is -0.137. The quantitative estimate of drug-likeness (QED) is 0.518. The molecule has 0 aliphatic rings. The molecule has 154 valence electrons. The molecule has 6 nitrogen and oxygen atoms in total. The van der Waals surface area contributed by atoms with Crippen LogP contribution in [0, 0.1) is 0 Å². The highest BCUT2D eigenvalue weighted by Crippen LogP contribution is 2.31. The summed E-state index contributed by atoms with van der Waals surface area (Å²) in [4.78, 5) is 17.4. The van der Waals surface area contributed by atoms with Crippen molar-refractivity contribution in [1.82, 2.24) is 25.1 Å². The molecule has 0 fully saturated rings. The average Bonchev–Trinajstić information content (AvgIpc) is 3.36. The van der Waals surface area contributed by atoms with Gasteiger partial charge in [-0.1, -0.05) is 12.1 Å². The molecule has 0 spiro atoms. The van der Waals surface area contributed by atoms with Crippen LogP contribution in [0.15, 0.2) is 54.9 Å². The number of aryl methyl sites for hydroxylation is 1. The Hall–Kier alpha value is -3.62. The molecule has 1 amide bonds. The number of pyridine rings is 1. The molecule has 0 bridgehead atoms. The summed E-state index contributed by atoms with van der Waals surface area (Å²) in [7, 11) is 1.72. The number of H-pyrrole nitrogens is 1. The predicted octanol–water partition coefficient (Wildman–Crippen LogP) is 4.47. The van der Waals surface area contributed by atoms with Crippen LogP contribution in [0.25, 0.3) is 22.3 Å². The largest absolute Gasteiger partial charge is 0.416 e. The van der Waals surface area contributed by atoms with Gasteiger partial charge in [-0.2, -0.15) is 18.3 Å². The maximum Gasteiger partial charge on any atom is 0.416 e. The van der Waals surface area contributed by atoms with E-state index in [1.807, 2.05) is 12.1 Å². The predicted molar refractivity (Wildman–Crippen MR) is 106 cm³/mol. The molecule has 9 heteroatoms. The highest BCUT2D eigenvalue weighted by atomic mass is 19.4. The van der Waals surface area contributed by atoms with Crippen LogP contribution >= 0.6 is 0 Å². The molecule has 0 aliphatic carbocycles. The Labute approximate surface area is 169 Å². The number of carbonyl (C=O) groups is 1. The van der Waals surface area contributed by atoms with Crippen LogP contribution in [-0.4, -0.2) is 25.7 Å². The monoisotopic (exact) mass is 413 g/mol. The molecule has 1 atom stereocenters. The van der Waals surface area contributed by atoms with Crippen LogP contribution in [0.5, 0.6) is 0 Å². The lowest BCUT2D eigenvalue weighted by Crippen LogP contribution is -2.28. The van der Waals surface area contributed by atoms with E-state index >= 15 is 0 Å². The number of alkyl halides is 3. The van der Waals surface area contributed by atoms with Crippen molar-refractivity contribution in [3.8, 4) is 11.3 Å². The van der Waals surface area contributed by atoms with Crippen LogP contribution in [-0.2, 0) is 13.2 Å². The van der Waals surface area contributed by atoms with Crippen molar-refractivity contribution < 1.29 is 18.0 Å². The van der Waals surface area contributed by atoms with Crippen molar-refractivity contribution in [3.63, 3.8) is 0 Å². The minimum atomic E-state index is -4.44. The van der Waals surface area contributed by atoms with Gasteiger partial charge in [0.2, 0.25) is 0 Å². The first kappa shape index (κ1) is 19.7. The summed E-state index contributed by atoms with van der Waals surface area (Å²) in [6.07, 6.45) is -1.06. The van der Waals surface area contributed by atoms with E-state index in [9.17, 15) is 18.0 Å². The van der Waals surface area contributed by atoms with Crippen molar-refractivity contribution in [3.05, 3.63) is 71.7 Å². The standard InChI is InChI=1S/C21H18F3N5O/c1-12(13-4-3-5-16(8-13)21(22,23)24)27-20(30)18-9-14-6-7-17(15-10-25-26-11-15)28-19(14)29(18)2/h3-12H,1-2H3,(H,25,26)(H,27,30). The number of halogens is 3. The molecule has 0 saturated carbocycles. The Balaban J connectivity index is 1.60. The van der Waals surface area contributed by atoms with Crippen LogP contribution in [0.3, 0.4) is 0 Å². The number of amides is 1. The second-order valence-electron chi connectivity index (χ2n) is 7.00. The number of hydrogen-bond donors (Lipinski definition) is 2. The molecule has 3 heterocycles. The zero-order valence-corrected chi connectivity index (χ0v) is 16.2. The van der Waals surface area contributed by atoms with Gasteiger partial charge in [-0.3, -0.25) is 9.89 Å². The van der Waals surface area contributed by atoms with Crippen molar-refractivity contribution in [2.75, 3.05) is 0 Å². The van der Waals surface area contributed by atoms with Gasteiger partial charge in [0.05, 0.1) is 23.5 Å². The van der Waals surface area contributed by atoms with E-state index < -0.39 is 23.7 Å². The van der Waals surface area contributed by atoms with E-state index in [4.69, 9.17) is 0 Å². The fraction of sp³-hybridized carbons (Fsp3) is 0.190. The van der Waals surface area contributed by atoms with Gasteiger partial charge in [0.15, 0.2) is 0 Å². The molecule has 0 saturated heterocycles. The van der Waals surface area contributed by atoms with E-state index in [1.165, 1.54) is 6.07 Å². The normalized spacial score (nSPS) is 12.8. The van der Waals surface area contributed by atoms with Gasteiger partial charge in [0, 0.05) is 24.2 Å². The number of benzene rings is 1. The number of aromatic amines is 1. The molecule has 1 unspecified atom stereocenters. The van der Waals surface area contributed by atoms with E-state index in [0.29, 0.717) is 22.6 Å². The molecule has 1 aromatic carbocycles. The van der Waals surface area contributed by atoms with E-state index in [1.54, 1.807) is 43.1 Å². The summed E-state index contributed by atoms with van der Waals surface area (Å²) in [6, 6.07) is 9.73. The Morgan fingerprint density at radius 2 is 2.00 bits per heavy atom. The molecule has 0 radical (unpaired) electrons. The number of rotatable bonds is 4. The molecule has 3 aromatic heterocycles. The van der Waals surface area contributed by atoms with Crippen LogP contribution in [0.4, 0.5) is 13.2 Å². The first-order valence-corrected chi connectivity index (χ1v) is 9.17. The fourth-order valence-corrected chi connectivity index (χ4v) is 3.31. The Morgan fingerprint density at radius 1 is 1.20 bits per heavy atom. The van der Waals surface area contributed by atoms with Gasteiger partial charge >= 0.3 is 6.18 Å². The average molecular weight is 413 g/mol. The SMILES string of the molecule is CC(NC(=O)c1cc2ccc(-c3cn[nH]c3)nc2n1C)c1cccc(C(F)(F)F)c1. The van der Waals surface area contributed by atoms with Crippen LogP contribution in [0.2, 0.25) is 0 Å². The molecule has 4 rings (SSSR count). The molecule has 4 aromatic rings. The highest BCUT2D eigenvalue weighted by molar-refractivity contribution is 5.98. The number of carbonyl (C=O) groups excluding carboxylic acids is 1.